The monoisotopic (exact) mass is 300 g/mol. The van der Waals surface area contributed by atoms with Gasteiger partial charge in [0.15, 0.2) is 0 Å². The normalized spacial score (nSPS) is 12.2. The fourth-order valence-electron chi connectivity index (χ4n) is 1.83. The number of aromatic nitrogens is 3. The lowest BCUT2D eigenvalue weighted by Crippen LogP contribution is -2.29. The molecule has 0 aromatic carbocycles. The molecule has 0 spiro atoms. The largest absolute Gasteiger partial charge is 0.281 e. The van der Waals surface area contributed by atoms with Crippen LogP contribution in [0.2, 0.25) is 0 Å². The molecule has 0 aliphatic heterocycles. The number of hydrogen-bond acceptors (Lipinski definition) is 5. The van der Waals surface area contributed by atoms with Crippen molar-refractivity contribution < 1.29 is 8.42 Å². The molecule has 2 rings (SSSR count). The van der Waals surface area contributed by atoms with Crippen LogP contribution in [0.5, 0.6) is 0 Å². The maximum atomic E-state index is 12.4. The van der Waals surface area contributed by atoms with E-state index >= 15 is 0 Å². The summed E-state index contributed by atoms with van der Waals surface area (Å²) in [6, 6.07) is 0. The van der Waals surface area contributed by atoms with E-state index in [1.165, 1.54) is 15.6 Å². The van der Waals surface area contributed by atoms with Crippen LogP contribution >= 0.6 is 11.3 Å². The first kappa shape index (κ1) is 14.2. The van der Waals surface area contributed by atoms with E-state index in [4.69, 9.17) is 0 Å². The number of nitrogens with zero attached hydrogens (tertiary/aromatic N) is 3. The lowest BCUT2D eigenvalue weighted by atomic mass is 10.4. The van der Waals surface area contributed by atoms with Crippen molar-refractivity contribution in [2.45, 2.75) is 25.2 Å². The summed E-state index contributed by atoms with van der Waals surface area (Å²) in [5.74, 6) is 0. The quantitative estimate of drug-likeness (QED) is 0.904. The Labute approximate surface area is 116 Å². The second-order valence-electron chi connectivity index (χ2n) is 4.27. The number of aromatic amines is 1. The molecule has 0 atom stereocenters. The third-order valence-corrected chi connectivity index (χ3v) is 5.81. The molecule has 0 unspecified atom stereocenters. The van der Waals surface area contributed by atoms with Gasteiger partial charge in [-0.3, -0.25) is 5.10 Å². The Morgan fingerprint density at radius 2 is 2.16 bits per heavy atom. The Bertz CT molecular complexity index is 627. The first-order chi connectivity index (χ1) is 8.93. The second kappa shape index (κ2) is 5.40. The van der Waals surface area contributed by atoms with Crippen LogP contribution in [0.15, 0.2) is 16.5 Å². The van der Waals surface area contributed by atoms with Gasteiger partial charge in [0.25, 0.3) is 0 Å². The zero-order valence-corrected chi connectivity index (χ0v) is 12.7. The molecule has 2 heterocycles. The molecule has 0 aliphatic carbocycles. The van der Waals surface area contributed by atoms with Gasteiger partial charge in [0.05, 0.1) is 16.4 Å². The van der Waals surface area contributed by atoms with Crippen molar-refractivity contribution >= 4 is 21.4 Å². The number of rotatable bonds is 5. The van der Waals surface area contributed by atoms with E-state index in [9.17, 15) is 8.42 Å². The van der Waals surface area contributed by atoms with Crippen molar-refractivity contribution in [1.29, 1.82) is 0 Å². The third kappa shape index (κ3) is 2.85. The van der Waals surface area contributed by atoms with Crippen molar-refractivity contribution in [1.82, 2.24) is 19.5 Å². The zero-order valence-electron chi connectivity index (χ0n) is 11.0. The Kier molecular flexibility index (Phi) is 4.02. The van der Waals surface area contributed by atoms with E-state index in [0.717, 1.165) is 5.01 Å². The molecule has 0 saturated carbocycles. The summed E-state index contributed by atoms with van der Waals surface area (Å²) in [6.07, 6.45) is 2.34. The third-order valence-electron chi connectivity index (χ3n) is 2.85. The highest BCUT2D eigenvalue weighted by Crippen LogP contribution is 2.20. The Hall–Kier alpha value is -1.25. The first-order valence-electron chi connectivity index (χ1n) is 5.79. The number of thiazole rings is 1. The SMILES string of the molecule is Cc1n[nH]c(C)c1S(=O)(=O)N(C)CCc1nccs1. The van der Waals surface area contributed by atoms with E-state index in [1.54, 1.807) is 27.1 Å². The maximum Gasteiger partial charge on any atom is 0.246 e. The Morgan fingerprint density at radius 1 is 1.42 bits per heavy atom. The molecule has 104 valence electrons. The summed E-state index contributed by atoms with van der Waals surface area (Å²) >= 11 is 1.53. The van der Waals surface area contributed by atoms with E-state index in [2.05, 4.69) is 15.2 Å². The van der Waals surface area contributed by atoms with Crippen LogP contribution in [0, 0.1) is 13.8 Å². The minimum Gasteiger partial charge on any atom is -0.281 e. The van der Waals surface area contributed by atoms with Gasteiger partial charge in [0.2, 0.25) is 10.0 Å². The number of aryl methyl sites for hydroxylation is 2. The van der Waals surface area contributed by atoms with Gasteiger partial charge in [-0.25, -0.2) is 17.7 Å². The molecular formula is C11H16N4O2S2. The predicted octanol–water partition coefficient (Wildman–Crippen LogP) is 1.35. The molecule has 0 aliphatic rings. The van der Waals surface area contributed by atoms with Crippen LogP contribution in [0.4, 0.5) is 0 Å². The fourth-order valence-corrected chi connectivity index (χ4v) is 3.93. The summed E-state index contributed by atoms with van der Waals surface area (Å²) in [7, 11) is -1.92. The minimum absolute atomic E-state index is 0.272. The van der Waals surface area contributed by atoms with Crippen molar-refractivity contribution in [3.63, 3.8) is 0 Å². The summed E-state index contributed by atoms with van der Waals surface area (Å²) in [6.45, 7) is 3.80. The molecule has 0 saturated heterocycles. The average molecular weight is 300 g/mol. The van der Waals surface area contributed by atoms with Crippen molar-refractivity contribution in [3.05, 3.63) is 28.0 Å². The summed E-state index contributed by atoms with van der Waals surface area (Å²) in [5, 5.41) is 9.45. The highest BCUT2D eigenvalue weighted by Gasteiger charge is 2.26. The average Bonchev–Trinajstić information content (AvgIpc) is 2.96. The van der Waals surface area contributed by atoms with Crippen LogP contribution in [0.3, 0.4) is 0 Å². The van der Waals surface area contributed by atoms with E-state index < -0.39 is 10.0 Å². The molecule has 0 bridgehead atoms. The van der Waals surface area contributed by atoms with E-state index in [1.807, 2.05) is 5.38 Å². The zero-order chi connectivity index (χ0) is 14.0. The van der Waals surface area contributed by atoms with Gasteiger partial charge in [-0.1, -0.05) is 0 Å². The van der Waals surface area contributed by atoms with Gasteiger partial charge in [-0.05, 0) is 13.8 Å². The molecule has 6 nitrogen and oxygen atoms in total. The van der Waals surface area contributed by atoms with Crippen LogP contribution in [-0.2, 0) is 16.4 Å². The Morgan fingerprint density at radius 3 is 2.68 bits per heavy atom. The van der Waals surface area contributed by atoms with Gasteiger partial charge < -0.3 is 0 Å². The first-order valence-corrected chi connectivity index (χ1v) is 8.11. The molecule has 19 heavy (non-hydrogen) atoms. The molecule has 2 aromatic rings. The van der Waals surface area contributed by atoms with E-state index in [0.29, 0.717) is 24.4 Å². The van der Waals surface area contributed by atoms with Crippen molar-refractivity contribution in [2.75, 3.05) is 13.6 Å². The molecule has 0 amide bonds. The van der Waals surface area contributed by atoms with Gasteiger partial charge >= 0.3 is 0 Å². The minimum atomic E-state index is -3.49. The molecule has 2 aromatic heterocycles. The molecular weight excluding hydrogens is 284 g/mol. The predicted molar refractivity (Wildman–Crippen MR) is 73.7 cm³/mol. The van der Waals surface area contributed by atoms with Crippen molar-refractivity contribution in [2.24, 2.45) is 0 Å². The fraction of sp³-hybridized carbons (Fsp3) is 0.455. The lowest BCUT2D eigenvalue weighted by Gasteiger charge is -2.16. The molecule has 1 N–H and O–H groups in total. The van der Waals surface area contributed by atoms with Gasteiger partial charge in [0, 0.05) is 31.6 Å². The summed E-state index contributed by atoms with van der Waals surface area (Å²) in [5.41, 5.74) is 1.07. The number of likely N-dealkylation sites (N-methyl/N-ethyl adjacent to an activating group) is 1. The second-order valence-corrected chi connectivity index (χ2v) is 7.23. The van der Waals surface area contributed by atoms with Crippen LogP contribution in [0.1, 0.15) is 16.4 Å². The summed E-state index contributed by atoms with van der Waals surface area (Å²) in [4.78, 5) is 4.42. The van der Waals surface area contributed by atoms with Gasteiger partial charge in [0.1, 0.15) is 4.90 Å². The topological polar surface area (TPSA) is 79.0 Å². The van der Waals surface area contributed by atoms with Crippen LogP contribution in [-0.4, -0.2) is 41.5 Å². The number of hydrogen-bond donors (Lipinski definition) is 1. The maximum absolute atomic E-state index is 12.4. The lowest BCUT2D eigenvalue weighted by molar-refractivity contribution is 0.471. The van der Waals surface area contributed by atoms with Crippen LogP contribution in [0.25, 0.3) is 0 Å². The smallest absolute Gasteiger partial charge is 0.246 e. The number of sulfonamides is 1. The highest BCUT2D eigenvalue weighted by atomic mass is 32.2. The summed E-state index contributed by atoms with van der Waals surface area (Å²) < 4.78 is 26.2. The number of nitrogens with one attached hydrogen (secondary N) is 1. The molecule has 0 fully saturated rings. The van der Waals surface area contributed by atoms with Gasteiger partial charge in [-0.15, -0.1) is 11.3 Å². The standard InChI is InChI=1S/C11H16N4O2S2/c1-8-11(9(2)14-13-8)19(16,17)15(3)6-4-10-12-5-7-18-10/h5,7H,4,6H2,1-3H3,(H,13,14). The van der Waals surface area contributed by atoms with Gasteiger partial charge in [-0.2, -0.15) is 5.10 Å². The van der Waals surface area contributed by atoms with E-state index in [-0.39, 0.29) is 4.90 Å². The Balaban J connectivity index is 2.16. The number of H-pyrrole nitrogens is 1. The van der Waals surface area contributed by atoms with Crippen LogP contribution < -0.4 is 0 Å². The molecule has 0 radical (unpaired) electrons. The van der Waals surface area contributed by atoms with Crippen molar-refractivity contribution in [3.8, 4) is 0 Å². The molecule has 8 heteroatoms. The highest BCUT2D eigenvalue weighted by molar-refractivity contribution is 7.89.